The number of halogens is 3. The zero-order chi connectivity index (χ0) is 23.7. The molecule has 0 aromatic heterocycles. The molecule has 0 radical (unpaired) electrons. The standard InChI is InChI=1S/C22H25F3N2O5/c1-31-21(30)19(13-15-2-6-16(7-3-15)22(23,24)25)27-20(29)18(26)12-14-4-8-17(9-5-14)32-11-10-28/h2-9,18-19,28H,10-13,26H2,1H3,(H,27,29). The van der Waals surface area contributed by atoms with Crippen LogP contribution in [0.1, 0.15) is 16.7 Å². The first kappa shape index (κ1) is 25.2. The van der Waals surface area contributed by atoms with E-state index in [2.05, 4.69) is 5.32 Å². The van der Waals surface area contributed by atoms with Gasteiger partial charge in [0.05, 0.1) is 25.3 Å². The molecule has 0 aliphatic rings. The molecule has 2 aromatic carbocycles. The maximum atomic E-state index is 12.7. The van der Waals surface area contributed by atoms with Crippen LogP contribution in [0.4, 0.5) is 13.2 Å². The third-order valence-electron chi connectivity index (χ3n) is 4.60. The van der Waals surface area contributed by atoms with Crippen LogP contribution in [0.25, 0.3) is 0 Å². The van der Waals surface area contributed by atoms with Gasteiger partial charge in [0.25, 0.3) is 0 Å². The van der Waals surface area contributed by atoms with Crippen LogP contribution >= 0.6 is 0 Å². The van der Waals surface area contributed by atoms with Gasteiger partial charge in [-0.3, -0.25) is 4.79 Å². The largest absolute Gasteiger partial charge is 0.491 e. The molecule has 174 valence electrons. The predicted octanol–water partition coefficient (Wildman–Crippen LogP) is 1.85. The number of ether oxygens (including phenoxy) is 2. The summed E-state index contributed by atoms with van der Waals surface area (Å²) in [4.78, 5) is 24.6. The molecule has 2 atom stereocenters. The normalized spacial score (nSPS) is 13.2. The van der Waals surface area contributed by atoms with Gasteiger partial charge in [-0.2, -0.15) is 13.2 Å². The zero-order valence-corrected chi connectivity index (χ0v) is 17.4. The Bertz CT molecular complexity index is 886. The average molecular weight is 454 g/mol. The lowest BCUT2D eigenvalue weighted by Gasteiger charge is -2.20. The van der Waals surface area contributed by atoms with E-state index in [1.165, 1.54) is 12.1 Å². The highest BCUT2D eigenvalue weighted by molar-refractivity contribution is 5.87. The molecule has 32 heavy (non-hydrogen) atoms. The van der Waals surface area contributed by atoms with Gasteiger partial charge in [0.1, 0.15) is 18.4 Å². The Morgan fingerprint density at radius 2 is 1.59 bits per heavy atom. The second kappa shape index (κ2) is 11.5. The minimum Gasteiger partial charge on any atom is -0.491 e. The van der Waals surface area contributed by atoms with Gasteiger partial charge in [-0.25, -0.2) is 4.79 Å². The van der Waals surface area contributed by atoms with Crippen molar-refractivity contribution in [1.29, 1.82) is 0 Å². The maximum Gasteiger partial charge on any atom is 0.416 e. The number of hydrogen-bond acceptors (Lipinski definition) is 6. The minimum absolute atomic E-state index is 0.0554. The minimum atomic E-state index is -4.47. The third kappa shape index (κ3) is 7.54. The van der Waals surface area contributed by atoms with Crippen LogP contribution in [0, 0.1) is 0 Å². The van der Waals surface area contributed by atoms with Crippen LogP contribution in [0.15, 0.2) is 48.5 Å². The third-order valence-corrected chi connectivity index (χ3v) is 4.60. The second-order valence-corrected chi connectivity index (χ2v) is 7.01. The van der Waals surface area contributed by atoms with Crippen LogP contribution < -0.4 is 15.8 Å². The molecule has 0 spiro atoms. The Morgan fingerprint density at radius 3 is 2.12 bits per heavy atom. The molecule has 2 unspecified atom stereocenters. The molecule has 10 heteroatoms. The summed E-state index contributed by atoms with van der Waals surface area (Å²) in [7, 11) is 1.15. The molecule has 4 N–H and O–H groups in total. The van der Waals surface area contributed by atoms with Crippen molar-refractivity contribution in [3.05, 3.63) is 65.2 Å². The Morgan fingerprint density at radius 1 is 1.03 bits per heavy atom. The van der Waals surface area contributed by atoms with Gasteiger partial charge in [0.15, 0.2) is 0 Å². The number of rotatable bonds is 10. The first-order valence-corrected chi connectivity index (χ1v) is 9.76. The Labute approximate surface area is 183 Å². The van der Waals surface area contributed by atoms with Crippen molar-refractivity contribution in [1.82, 2.24) is 5.32 Å². The molecule has 1 amide bonds. The molecular weight excluding hydrogens is 429 g/mol. The fourth-order valence-electron chi connectivity index (χ4n) is 2.91. The molecule has 2 aromatic rings. The van der Waals surface area contributed by atoms with Crippen LogP contribution in [0.5, 0.6) is 5.75 Å². The van der Waals surface area contributed by atoms with Gasteiger partial charge < -0.3 is 25.6 Å². The van der Waals surface area contributed by atoms with E-state index in [1.807, 2.05) is 0 Å². The monoisotopic (exact) mass is 454 g/mol. The summed E-state index contributed by atoms with van der Waals surface area (Å²) in [6.07, 6.45) is -4.34. The van der Waals surface area contributed by atoms with Gasteiger partial charge in [-0.05, 0) is 41.8 Å². The van der Waals surface area contributed by atoms with Crippen molar-refractivity contribution in [3.63, 3.8) is 0 Å². The topological polar surface area (TPSA) is 111 Å². The lowest BCUT2D eigenvalue weighted by Crippen LogP contribution is -2.50. The van der Waals surface area contributed by atoms with Crippen LogP contribution in [0.2, 0.25) is 0 Å². The van der Waals surface area contributed by atoms with Crippen molar-refractivity contribution in [3.8, 4) is 5.75 Å². The molecule has 0 aliphatic carbocycles. The molecule has 0 fully saturated rings. The maximum absolute atomic E-state index is 12.7. The lowest BCUT2D eigenvalue weighted by molar-refractivity contribution is -0.145. The van der Waals surface area contributed by atoms with E-state index in [9.17, 15) is 22.8 Å². The first-order valence-electron chi connectivity index (χ1n) is 9.76. The van der Waals surface area contributed by atoms with Crippen LogP contribution in [-0.4, -0.2) is 49.4 Å². The smallest absolute Gasteiger partial charge is 0.416 e. The van der Waals surface area contributed by atoms with E-state index in [0.717, 1.165) is 24.8 Å². The van der Waals surface area contributed by atoms with Gasteiger partial charge >= 0.3 is 12.1 Å². The lowest BCUT2D eigenvalue weighted by atomic mass is 10.0. The number of carbonyl (C=O) groups is 2. The molecule has 0 bridgehead atoms. The van der Waals surface area contributed by atoms with E-state index in [4.69, 9.17) is 20.3 Å². The van der Waals surface area contributed by atoms with Crippen molar-refractivity contribution < 1.29 is 37.3 Å². The van der Waals surface area contributed by atoms with E-state index in [1.54, 1.807) is 24.3 Å². The van der Waals surface area contributed by atoms with Gasteiger partial charge in [0, 0.05) is 6.42 Å². The number of carbonyl (C=O) groups excluding carboxylic acids is 2. The van der Waals surface area contributed by atoms with Gasteiger partial charge in [0.2, 0.25) is 5.91 Å². The van der Waals surface area contributed by atoms with Crippen LogP contribution in [-0.2, 0) is 33.3 Å². The number of nitrogens with two attached hydrogens (primary N) is 1. The predicted molar refractivity (Wildman–Crippen MR) is 110 cm³/mol. The molecule has 0 saturated heterocycles. The number of nitrogens with one attached hydrogen (secondary N) is 1. The van der Waals surface area contributed by atoms with Crippen molar-refractivity contribution >= 4 is 11.9 Å². The quantitative estimate of drug-likeness (QED) is 0.473. The molecule has 0 heterocycles. The molecular formula is C22H25F3N2O5. The highest BCUT2D eigenvalue weighted by Gasteiger charge is 2.30. The van der Waals surface area contributed by atoms with E-state index in [0.29, 0.717) is 11.3 Å². The number of alkyl halides is 3. The first-order chi connectivity index (χ1) is 15.1. The molecule has 7 nitrogen and oxygen atoms in total. The number of aliphatic hydroxyl groups is 1. The Hall–Kier alpha value is -3.11. The number of esters is 1. The summed E-state index contributed by atoms with van der Waals surface area (Å²) in [5.41, 5.74) is 6.32. The summed E-state index contributed by atoms with van der Waals surface area (Å²) in [6.45, 7) is 0.0513. The van der Waals surface area contributed by atoms with Gasteiger partial charge in [-0.15, -0.1) is 0 Å². The number of aliphatic hydroxyl groups excluding tert-OH is 1. The molecule has 0 aliphatic heterocycles. The van der Waals surface area contributed by atoms with Crippen molar-refractivity contribution in [2.75, 3.05) is 20.3 Å². The Kier molecular flexibility index (Phi) is 9.03. The van der Waals surface area contributed by atoms with E-state index >= 15 is 0 Å². The molecule has 0 saturated carbocycles. The SMILES string of the molecule is COC(=O)C(Cc1ccc(C(F)(F)F)cc1)NC(=O)C(N)Cc1ccc(OCCO)cc1. The summed E-state index contributed by atoms with van der Waals surface area (Å²) in [5.74, 6) is -0.785. The van der Waals surface area contributed by atoms with Crippen LogP contribution in [0.3, 0.4) is 0 Å². The summed E-state index contributed by atoms with van der Waals surface area (Å²) >= 11 is 0. The Balaban J connectivity index is 2.00. The number of benzene rings is 2. The summed E-state index contributed by atoms with van der Waals surface area (Å²) in [5, 5.41) is 11.3. The average Bonchev–Trinajstić information content (AvgIpc) is 2.77. The highest BCUT2D eigenvalue weighted by Crippen LogP contribution is 2.29. The fraction of sp³-hybridized carbons (Fsp3) is 0.364. The van der Waals surface area contributed by atoms with Gasteiger partial charge in [-0.1, -0.05) is 24.3 Å². The van der Waals surface area contributed by atoms with E-state index < -0.39 is 35.7 Å². The second-order valence-electron chi connectivity index (χ2n) is 7.01. The molecule has 2 rings (SSSR count). The highest BCUT2D eigenvalue weighted by atomic mass is 19.4. The number of methoxy groups -OCH3 is 1. The van der Waals surface area contributed by atoms with E-state index in [-0.39, 0.29) is 26.1 Å². The fourth-order valence-corrected chi connectivity index (χ4v) is 2.91. The summed E-state index contributed by atoms with van der Waals surface area (Å²) < 4.78 is 48.1. The van der Waals surface area contributed by atoms with Crippen molar-refractivity contribution in [2.45, 2.75) is 31.1 Å². The number of amides is 1. The zero-order valence-electron chi connectivity index (χ0n) is 17.4. The number of hydrogen-bond donors (Lipinski definition) is 3. The van der Waals surface area contributed by atoms with Crippen molar-refractivity contribution in [2.24, 2.45) is 5.73 Å². The summed E-state index contributed by atoms with van der Waals surface area (Å²) in [6, 6.07) is 9.02.